The number of amides is 2. The molecule has 35 heavy (non-hydrogen) atoms. The maximum Gasteiger partial charge on any atom is 0.256 e. The predicted molar refractivity (Wildman–Crippen MR) is 139 cm³/mol. The highest BCUT2D eigenvalue weighted by atomic mass is 16.2. The number of carbonyl (C=O) groups is 2. The smallest absolute Gasteiger partial charge is 0.256 e. The van der Waals surface area contributed by atoms with E-state index < -0.39 is 0 Å². The van der Waals surface area contributed by atoms with Crippen LogP contribution in [0.1, 0.15) is 53.0 Å². The SMILES string of the molecule is CC(=O)Nc1cc(C(=O)N2CCC[C@H](c3ccccc3)C2)c2c(c1)nc(C)n2Cc1ccccc1. The van der Waals surface area contributed by atoms with Crippen LogP contribution in [0.3, 0.4) is 0 Å². The number of rotatable bonds is 5. The molecular formula is C29H30N4O2. The van der Waals surface area contributed by atoms with Crippen molar-refractivity contribution < 1.29 is 9.59 Å². The fourth-order valence-electron chi connectivity index (χ4n) is 5.11. The van der Waals surface area contributed by atoms with Gasteiger partial charge in [-0.15, -0.1) is 0 Å². The lowest BCUT2D eigenvalue weighted by Gasteiger charge is -2.33. The van der Waals surface area contributed by atoms with Gasteiger partial charge in [-0.3, -0.25) is 9.59 Å². The number of carbonyl (C=O) groups excluding carboxylic acids is 2. The molecule has 0 unspecified atom stereocenters. The molecule has 1 aromatic heterocycles. The van der Waals surface area contributed by atoms with E-state index in [-0.39, 0.29) is 11.8 Å². The third-order valence-electron chi connectivity index (χ3n) is 6.75. The molecule has 0 bridgehead atoms. The first-order valence-electron chi connectivity index (χ1n) is 12.2. The highest BCUT2D eigenvalue weighted by Crippen LogP contribution is 2.31. The fraction of sp³-hybridized carbons (Fsp3) is 0.276. The topological polar surface area (TPSA) is 67.2 Å². The van der Waals surface area contributed by atoms with Crippen molar-refractivity contribution in [1.82, 2.24) is 14.5 Å². The van der Waals surface area contributed by atoms with Crippen LogP contribution in [-0.2, 0) is 11.3 Å². The van der Waals surface area contributed by atoms with Crippen LogP contribution in [0.4, 0.5) is 5.69 Å². The van der Waals surface area contributed by atoms with Crippen LogP contribution >= 0.6 is 0 Å². The number of piperidine rings is 1. The summed E-state index contributed by atoms with van der Waals surface area (Å²) in [6.45, 7) is 5.46. The van der Waals surface area contributed by atoms with E-state index in [0.717, 1.165) is 36.3 Å². The Balaban J connectivity index is 1.56. The minimum atomic E-state index is -0.176. The van der Waals surface area contributed by atoms with Gasteiger partial charge in [-0.25, -0.2) is 4.98 Å². The maximum absolute atomic E-state index is 14.0. The molecular weight excluding hydrogens is 436 g/mol. The Morgan fingerprint density at radius 1 is 1.03 bits per heavy atom. The molecule has 0 radical (unpaired) electrons. The molecule has 1 atom stereocenters. The van der Waals surface area contributed by atoms with Gasteiger partial charge in [0.05, 0.1) is 16.6 Å². The molecule has 1 aliphatic heterocycles. The molecule has 1 saturated heterocycles. The number of likely N-dealkylation sites (tertiary alicyclic amines) is 1. The van der Waals surface area contributed by atoms with E-state index in [1.54, 1.807) is 6.07 Å². The highest BCUT2D eigenvalue weighted by Gasteiger charge is 2.28. The second-order valence-corrected chi connectivity index (χ2v) is 9.30. The number of fused-ring (bicyclic) bond motifs is 1. The average molecular weight is 467 g/mol. The van der Waals surface area contributed by atoms with E-state index >= 15 is 0 Å². The van der Waals surface area contributed by atoms with E-state index in [1.165, 1.54) is 12.5 Å². The van der Waals surface area contributed by atoms with Gasteiger partial charge >= 0.3 is 0 Å². The zero-order valence-corrected chi connectivity index (χ0v) is 20.2. The first-order valence-corrected chi connectivity index (χ1v) is 12.2. The van der Waals surface area contributed by atoms with E-state index in [1.807, 2.05) is 42.2 Å². The van der Waals surface area contributed by atoms with Crippen molar-refractivity contribution in [3.8, 4) is 0 Å². The van der Waals surface area contributed by atoms with Gasteiger partial charge in [0, 0.05) is 38.2 Å². The molecule has 0 spiro atoms. The summed E-state index contributed by atoms with van der Waals surface area (Å²) in [4.78, 5) is 32.6. The zero-order chi connectivity index (χ0) is 24.4. The number of benzene rings is 3. The van der Waals surface area contributed by atoms with Gasteiger partial charge in [0.2, 0.25) is 5.91 Å². The Morgan fingerprint density at radius 3 is 2.46 bits per heavy atom. The summed E-state index contributed by atoms with van der Waals surface area (Å²) < 4.78 is 2.11. The van der Waals surface area contributed by atoms with Crippen molar-refractivity contribution in [2.75, 3.05) is 18.4 Å². The number of hydrogen-bond donors (Lipinski definition) is 1. The molecule has 2 amide bonds. The Hall–Kier alpha value is -3.93. The van der Waals surface area contributed by atoms with E-state index in [9.17, 15) is 9.59 Å². The van der Waals surface area contributed by atoms with E-state index in [4.69, 9.17) is 4.98 Å². The summed E-state index contributed by atoms with van der Waals surface area (Å²) in [5.41, 5.74) is 5.11. The van der Waals surface area contributed by atoms with Gasteiger partial charge in [-0.05, 0) is 43.0 Å². The van der Waals surface area contributed by atoms with Crippen molar-refractivity contribution in [3.05, 3.63) is 95.3 Å². The lowest BCUT2D eigenvalue weighted by molar-refractivity contribution is -0.114. The van der Waals surface area contributed by atoms with E-state index in [2.05, 4.69) is 46.3 Å². The van der Waals surface area contributed by atoms with Gasteiger partial charge in [0.15, 0.2) is 0 Å². The second kappa shape index (κ2) is 9.74. The zero-order valence-electron chi connectivity index (χ0n) is 20.2. The minimum absolute atomic E-state index is 0.0166. The molecule has 6 heteroatoms. The van der Waals surface area contributed by atoms with Crippen molar-refractivity contribution in [2.24, 2.45) is 0 Å². The summed E-state index contributed by atoms with van der Waals surface area (Å²) in [6, 6.07) is 24.3. The van der Waals surface area contributed by atoms with Crippen LogP contribution in [0.25, 0.3) is 11.0 Å². The van der Waals surface area contributed by atoms with Crippen LogP contribution in [0.5, 0.6) is 0 Å². The molecule has 5 rings (SSSR count). The fourth-order valence-corrected chi connectivity index (χ4v) is 5.11. The average Bonchev–Trinajstić information content (AvgIpc) is 3.18. The van der Waals surface area contributed by atoms with Crippen molar-refractivity contribution in [2.45, 2.75) is 39.2 Å². The number of aromatic nitrogens is 2. The number of nitrogens with zero attached hydrogens (tertiary/aromatic N) is 3. The van der Waals surface area contributed by atoms with Crippen LogP contribution in [0.2, 0.25) is 0 Å². The number of nitrogens with one attached hydrogen (secondary N) is 1. The molecule has 2 heterocycles. The second-order valence-electron chi connectivity index (χ2n) is 9.30. The molecule has 0 aliphatic carbocycles. The van der Waals surface area contributed by atoms with Gasteiger partial charge in [0.25, 0.3) is 5.91 Å². The molecule has 1 fully saturated rings. The summed E-state index contributed by atoms with van der Waals surface area (Å²) in [5.74, 6) is 0.958. The highest BCUT2D eigenvalue weighted by molar-refractivity contribution is 6.07. The maximum atomic E-state index is 14.0. The van der Waals surface area contributed by atoms with Crippen molar-refractivity contribution in [3.63, 3.8) is 0 Å². The normalized spacial score (nSPS) is 15.8. The third-order valence-corrected chi connectivity index (χ3v) is 6.75. The minimum Gasteiger partial charge on any atom is -0.338 e. The van der Waals surface area contributed by atoms with Crippen LogP contribution in [0.15, 0.2) is 72.8 Å². The van der Waals surface area contributed by atoms with Gasteiger partial charge in [0.1, 0.15) is 5.82 Å². The summed E-state index contributed by atoms with van der Waals surface area (Å²) in [5, 5.41) is 2.85. The largest absolute Gasteiger partial charge is 0.338 e. The lowest BCUT2D eigenvalue weighted by atomic mass is 9.90. The molecule has 1 aliphatic rings. The molecule has 6 nitrogen and oxygen atoms in total. The number of hydrogen-bond acceptors (Lipinski definition) is 3. The predicted octanol–water partition coefficient (Wildman–Crippen LogP) is 5.37. The summed E-state index contributed by atoms with van der Waals surface area (Å²) in [6.07, 6.45) is 2.03. The third kappa shape index (κ3) is 4.83. The monoisotopic (exact) mass is 466 g/mol. The molecule has 4 aromatic rings. The molecule has 3 aromatic carbocycles. The summed E-state index contributed by atoms with van der Waals surface area (Å²) in [7, 11) is 0. The summed E-state index contributed by atoms with van der Waals surface area (Å²) >= 11 is 0. The standard InChI is InChI=1S/C29H30N4O2/c1-20-30-27-17-25(31-21(2)34)16-26(28(27)33(20)18-22-10-5-3-6-11-22)29(35)32-15-9-14-24(19-32)23-12-7-4-8-13-23/h3-8,10-13,16-17,24H,9,14-15,18-19H2,1-2H3,(H,31,34)/t24-/m0/s1. The first kappa shape index (κ1) is 22.8. The van der Waals surface area contributed by atoms with Gasteiger partial charge in [-0.1, -0.05) is 60.7 Å². The van der Waals surface area contributed by atoms with Crippen molar-refractivity contribution in [1.29, 1.82) is 0 Å². The lowest BCUT2D eigenvalue weighted by Crippen LogP contribution is -2.39. The van der Waals surface area contributed by atoms with Crippen LogP contribution in [-0.4, -0.2) is 39.4 Å². The number of aryl methyl sites for hydroxylation is 1. The molecule has 178 valence electrons. The Labute approximate surface area is 205 Å². The molecule has 1 N–H and O–H groups in total. The van der Waals surface area contributed by atoms with Gasteiger partial charge < -0.3 is 14.8 Å². The quantitative estimate of drug-likeness (QED) is 0.430. The first-order chi connectivity index (χ1) is 17.0. The van der Waals surface area contributed by atoms with E-state index in [0.29, 0.717) is 35.8 Å². The molecule has 0 saturated carbocycles. The van der Waals surface area contributed by atoms with Crippen LogP contribution < -0.4 is 5.32 Å². The Morgan fingerprint density at radius 2 is 1.74 bits per heavy atom. The number of imidazole rings is 1. The number of anilines is 1. The Bertz CT molecular complexity index is 1360. The Kier molecular flexibility index (Phi) is 6.36. The van der Waals surface area contributed by atoms with Crippen LogP contribution in [0, 0.1) is 6.92 Å². The van der Waals surface area contributed by atoms with Gasteiger partial charge in [-0.2, -0.15) is 0 Å². The van der Waals surface area contributed by atoms with Crippen molar-refractivity contribution >= 4 is 28.5 Å².